The number of aliphatic carboxylic acids is 1. The van der Waals surface area contributed by atoms with Crippen molar-refractivity contribution in [3.63, 3.8) is 0 Å². The van der Waals surface area contributed by atoms with Gasteiger partial charge in [-0.2, -0.15) is 0 Å². The Bertz CT molecular complexity index is 1060. The average Bonchev–Trinajstić information content (AvgIpc) is 3.58. The molecule has 4 heterocycles. The van der Waals surface area contributed by atoms with Crippen LogP contribution in [0.3, 0.4) is 0 Å². The number of carboxylic acid groups (broad SMARTS) is 1. The molecule has 2 N–H and O–H groups in total. The summed E-state index contributed by atoms with van der Waals surface area (Å²) in [6, 6.07) is 3.13. The van der Waals surface area contributed by atoms with Crippen LogP contribution in [0.15, 0.2) is 24.7 Å². The van der Waals surface area contributed by atoms with E-state index in [2.05, 4.69) is 26.3 Å². The van der Waals surface area contributed by atoms with Gasteiger partial charge in [0, 0.05) is 48.8 Å². The van der Waals surface area contributed by atoms with E-state index in [0.29, 0.717) is 37.8 Å². The zero-order valence-corrected chi connectivity index (χ0v) is 19.9. The molecule has 0 bridgehead atoms. The third-order valence-corrected chi connectivity index (χ3v) is 7.59. The normalized spacial score (nSPS) is 21.4. The van der Waals surface area contributed by atoms with Crippen molar-refractivity contribution < 1.29 is 18.7 Å². The highest BCUT2D eigenvalue weighted by atomic mass is 19.3. The minimum Gasteiger partial charge on any atom is -0.480 e. The van der Waals surface area contributed by atoms with Crippen molar-refractivity contribution in [3.05, 3.63) is 47.2 Å². The number of pyridine rings is 1. The van der Waals surface area contributed by atoms with E-state index in [4.69, 9.17) is 0 Å². The number of aromatic nitrogens is 3. The van der Waals surface area contributed by atoms with Gasteiger partial charge in [0.2, 0.25) is 0 Å². The molecule has 7 nitrogen and oxygen atoms in total. The van der Waals surface area contributed by atoms with E-state index in [-0.39, 0.29) is 18.9 Å². The molecule has 1 unspecified atom stereocenters. The highest BCUT2D eigenvalue weighted by Crippen LogP contribution is 2.44. The van der Waals surface area contributed by atoms with E-state index < -0.39 is 23.9 Å². The van der Waals surface area contributed by atoms with Crippen LogP contribution in [-0.4, -0.2) is 56.5 Å². The molecule has 2 aromatic rings. The number of anilines is 1. The van der Waals surface area contributed by atoms with E-state index in [1.54, 1.807) is 11.1 Å². The lowest BCUT2D eigenvalue weighted by Crippen LogP contribution is -2.36. The van der Waals surface area contributed by atoms with E-state index in [9.17, 15) is 9.90 Å². The molecule has 1 aliphatic carbocycles. The largest absolute Gasteiger partial charge is 0.480 e. The first-order valence-corrected chi connectivity index (χ1v) is 12.8. The molecule has 1 saturated heterocycles. The number of nitrogens with one attached hydrogen (secondary N) is 1. The molecule has 2 aromatic heterocycles. The van der Waals surface area contributed by atoms with Crippen molar-refractivity contribution in [2.45, 2.75) is 75.7 Å². The van der Waals surface area contributed by atoms with Crippen molar-refractivity contribution in [1.82, 2.24) is 19.9 Å². The van der Waals surface area contributed by atoms with E-state index >= 15 is 8.78 Å². The summed E-state index contributed by atoms with van der Waals surface area (Å²) in [4.78, 5) is 26.9. The summed E-state index contributed by atoms with van der Waals surface area (Å²) in [5.41, 5.74) is 3.48. The van der Waals surface area contributed by atoms with Crippen molar-refractivity contribution in [2.75, 3.05) is 25.0 Å². The molecular weight excluding hydrogens is 452 g/mol. The summed E-state index contributed by atoms with van der Waals surface area (Å²) in [6.45, 7) is 1.33. The zero-order chi connectivity index (χ0) is 24.4. The Morgan fingerprint density at radius 2 is 2.11 bits per heavy atom. The van der Waals surface area contributed by atoms with Gasteiger partial charge in [0.05, 0.1) is 5.69 Å². The maximum atomic E-state index is 15.1. The van der Waals surface area contributed by atoms with Crippen LogP contribution in [0, 0.1) is 5.92 Å². The van der Waals surface area contributed by atoms with Crippen molar-refractivity contribution in [3.8, 4) is 0 Å². The Hall–Kier alpha value is -2.68. The summed E-state index contributed by atoms with van der Waals surface area (Å²) in [7, 11) is 0. The van der Waals surface area contributed by atoms with Gasteiger partial charge >= 0.3 is 5.97 Å². The van der Waals surface area contributed by atoms with E-state index in [1.807, 2.05) is 6.07 Å². The van der Waals surface area contributed by atoms with Crippen LogP contribution in [0.5, 0.6) is 0 Å². The topological polar surface area (TPSA) is 91.2 Å². The number of hydrogen-bond acceptors (Lipinski definition) is 6. The van der Waals surface area contributed by atoms with Gasteiger partial charge in [-0.3, -0.25) is 9.69 Å². The molecule has 1 saturated carbocycles. The predicted octanol–water partition coefficient (Wildman–Crippen LogP) is 4.60. The monoisotopic (exact) mass is 485 g/mol. The number of halogens is 2. The number of fused-ring (bicyclic) bond motifs is 1. The Morgan fingerprint density at radius 3 is 2.91 bits per heavy atom. The lowest BCUT2D eigenvalue weighted by Gasteiger charge is -2.27. The second kappa shape index (κ2) is 10.1. The number of unbranched alkanes of at least 4 members (excludes halogenated alkanes) is 1. The van der Waals surface area contributed by atoms with Crippen LogP contribution >= 0.6 is 0 Å². The van der Waals surface area contributed by atoms with Crippen LogP contribution in [-0.2, 0) is 17.6 Å². The number of nitrogens with zero attached hydrogens (tertiary/aromatic N) is 4. The first kappa shape index (κ1) is 24.0. The SMILES string of the molecule is O=C(O)C(c1cncnc1C1CC1)N1CC[C@@H](C(F)(F)CCCCc2ccc3c(n2)NCCC3)C1. The molecule has 0 spiro atoms. The highest BCUT2D eigenvalue weighted by molar-refractivity contribution is 5.76. The lowest BCUT2D eigenvalue weighted by atomic mass is 9.95. The van der Waals surface area contributed by atoms with Crippen LogP contribution in [0.4, 0.5) is 14.6 Å². The van der Waals surface area contributed by atoms with Gasteiger partial charge in [0.25, 0.3) is 5.92 Å². The van der Waals surface area contributed by atoms with Gasteiger partial charge in [-0.05, 0) is 69.5 Å². The van der Waals surface area contributed by atoms with Gasteiger partial charge in [0.15, 0.2) is 0 Å². The Morgan fingerprint density at radius 1 is 1.26 bits per heavy atom. The van der Waals surface area contributed by atoms with Gasteiger partial charge in [0.1, 0.15) is 18.2 Å². The van der Waals surface area contributed by atoms with E-state index in [0.717, 1.165) is 49.4 Å². The quantitative estimate of drug-likeness (QED) is 0.475. The maximum Gasteiger partial charge on any atom is 0.325 e. The number of alkyl halides is 2. The predicted molar refractivity (Wildman–Crippen MR) is 128 cm³/mol. The molecule has 0 aromatic carbocycles. The Kier molecular flexibility index (Phi) is 6.95. The number of rotatable bonds is 10. The second-order valence-corrected chi connectivity index (χ2v) is 10.2. The minimum absolute atomic E-state index is 0.0705. The lowest BCUT2D eigenvalue weighted by molar-refractivity contribution is -0.143. The number of carboxylic acids is 1. The second-order valence-electron chi connectivity index (χ2n) is 10.2. The average molecular weight is 486 g/mol. The van der Waals surface area contributed by atoms with Gasteiger partial charge in [-0.15, -0.1) is 0 Å². The highest BCUT2D eigenvalue weighted by Gasteiger charge is 2.46. The Balaban J connectivity index is 1.16. The summed E-state index contributed by atoms with van der Waals surface area (Å²) in [6.07, 6.45) is 8.94. The molecule has 2 atom stereocenters. The van der Waals surface area contributed by atoms with Crippen LogP contribution in [0.1, 0.15) is 79.4 Å². The fourth-order valence-electron chi connectivity index (χ4n) is 5.49. The molecular formula is C26H33F2N5O2. The number of likely N-dealkylation sites (tertiary alicyclic amines) is 1. The standard InChI is InChI=1S/C26H33F2N5O2/c27-26(28,11-2-1-5-20-9-8-18-4-3-12-30-24(18)32-20)19-10-13-33(15-19)23(25(34)35)21-14-29-16-31-22(21)17-6-7-17/h8-9,14,16-17,19,23H,1-7,10-13,15H2,(H,30,32)(H,34,35)/t19-,23?/m1/s1. The van der Waals surface area contributed by atoms with Crippen LogP contribution < -0.4 is 5.32 Å². The molecule has 35 heavy (non-hydrogen) atoms. The van der Waals surface area contributed by atoms with E-state index in [1.165, 1.54) is 11.9 Å². The molecule has 3 aliphatic rings. The van der Waals surface area contributed by atoms with Gasteiger partial charge < -0.3 is 10.4 Å². The minimum atomic E-state index is -2.82. The molecule has 2 aliphatic heterocycles. The third kappa shape index (κ3) is 5.44. The molecule has 5 rings (SSSR count). The molecule has 188 valence electrons. The first-order chi connectivity index (χ1) is 16.9. The molecule has 9 heteroatoms. The summed E-state index contributed by atoms with van der Waals surface area (Å²) in [5.74, 6) is -3.50. The van der Waals surface area contributed by atoms with Crippen molar-refractivity contribution >= 4 is 11.8 Å². The Labute approximate surface area is 204 Å². The number of aryl methyl sites for hydroxylation is 2. The maximum absolute atomic E-state index is 15.1. The van der Waals surface area contributed by atoms with Crippen molar-refractivity contribution in [2.24, 2.45) is 5.92 Å². The number of carbonyl (C=O) groups is 1. The molecule has 0 radical (unpaired) electrons. The van der Waals surface area contributed by atoms with Crippen LogP contribution in [0.2, 0.25) is 0 Å². The number of hydrogen-bond donors (Lipinski definition) is 2. The summed E-state index contributed by atoms with van der Waals surface area (Å²) >= 11 is 0. The van der Waals surface area contributed by atoms with Crippen molar-refractivity contribution in [1.29, 1.82) is 0 Å². The molecule has 0 amide bonds. The first-order valence-electron chi connectivity index (χ1n) is 12.8. The fraction of sp³-hybridized carbons (Fsp3) is 0.615. The van der Waals surface area contributed by atoms with Gasteiger partial charge in [-0.1, -0.05) is 6.07 Å². The van der Waals surface area contributed by atoms with Gasteiger partial charge in [-0.25, -0.2) is 23.7 Å². The van der Waals surface area contributed by atoms with Crippen LogP contribution in [0.25, 0.3) is 0 Å². The zero-order valence-electron chi connectivity index (χ0n) is 19.9. The third-order valence-electron chi connectivity index (χ3n) is 7.59. The summed E-state index contributed by atoms with van der Waals surface area (Å²) in [5, 5.41) is 13.3. The molecule has 2 fully saturated rings. The fourth-order valence-corrected chi connectivity index (χ4v) is 5.49. The smallest absolute Gasteiger partial charge is 0.325 e. The summed E-state index contributed by atoms with van der Waals surface area (Å²) < 4.78 is 30.2.